The van der Waals surface area contributed by atoms with E-state index in [-0.39, 0.29) is 5.92 Å². The lowest BCUT2D eigenvalue weighted by atomic mass is 9.95. The molecule has 5 rings (SSSR count). The molecule has 0 saturated carbocycles. The molecule has 2 aromatic carbocycles. The molecule has 2 aliphatic rings. The number of oxazole rings is 1. The number of carbonyl (C=O) groups is 1. The highest BCUT2D eigenvalue weighted by Gasteiger charge is 2.30. The van der Waals surface area contributed by atoms with Crippen LogP contribution < -0.4 is 0 Å². The number of likely N-dealkylation sites (tertiary alicyclic amines) is 2. The van der Waals surface area contributed by atoms with Crippen LogP contribution in [0.4, 0.5) is 0 Å². The van der Waals surface area contributed by atoms with Crippen molar-refractivity contribution >= 4 is 5.91 Å². The zero-order valence-corrected chi connectivity index (χ0v) is 18.8. The first kappa shape index (κ1) is 21.0. The van der Waals surface area contributed by atoms with Crippen LogP contribution in [0.1, 0.15) is 37.1 Å². The standard InChI is InChI=1S/C27H31N3O2/c1-20-25(19-29-17-13-24(14-18-29)27(31)30-15-5-6-16-30)28-26(32-20)23-11-9-22(10-12-23)21-7-3-2-4-8-21/h2-4,7-12,24H,5-6,13-19H2,1H3. The van der Waals surface area contributed by atoms with Crippen molar-refractivity contribution in [2.75, 3.05) is 26.2 Å². The van der Waals surface area contributed by atoms with Crippen molar-refractivity contribution in [1.82, 2.24) is 14.8 Å². The van der Waals surface area contributed by atoms with Gasteiger partial charge in [0.2, 0.25) is 11.8 Å². The highest BCUT2D eigenvalue weighted by atomic mass is 16.4. The molecule has 2 saturated heterocycles. The van der Waals surface area contributed by atoms with E-state index in [1.54, 1.807) is 0 Å². The summed E-state index contributed by atoms with van der Waals surface area (Å²) in [5.41, 5.74) is 4.38. The Morgan fingerprint density at radius 2 is 1.53 bits per heavy atom. The van der Waals surface area contributed by atoms with E-state index in [1.165, 1.54) is 11.1 Å². The van der Waals surface area contributed by atoms with Crippen molar-refractivity contribution in [2.24, 2.45) is 5.92 Å². The van der Waals surface area contributed by atoms with Crippen molar-refractivity contribution in [3.8, 4) is 22.6 Å². The summed E-state index contributed by atoms with van der Waals surface area (Å²) < 4.78 is 6.02. The summed E-state index contributed by atoms with van der Waals surface area (Å²) in [5, 5.41) is 0. The molecular formula is C27H31N3O2. The fraction of sp³-hybridized carbons (Fsp3) is 0.407. The number of piperidine rings is 1. The number of amides is 1. The van der Waals surface area contributed by atoms with Crippen LogP contribution in [0, 0.1) is 12.8 Å². The highest BCUT2D eigenvalue weighted by Crippen LogP contribution is 2.28. The topological polar surface area (TPSA) is 49.6 Å². The first-order valence-corrected chi connectivity index (χ1v) is 11.8. The summed E-state index contributed by atoms with van der Waals surface area (Å²) in [6.07, 6.45) is 4.21. The molecule has 0 N–H and O–H groups in total. The van der Waals surface area contributed by atoms with Gasteiger partial charge in [0.15, 0.2) is 0 Å². The molecule has 0 spiro atoms. The molecule has 2 fully saturated rings. The average Bonchev–Trinajstić information content (AvgIpc) is 3.50. The Hall–Kier alpha value is -2.92. The second-order valence-corrected chi connectivity index (χ2v) is 9.05. The van der Waals surface area contributed by atoms with Gasteiger partial charge in [-0.25, -0.2) is 4.98 Å². The van der Waals surface area contributed by atoms with E-state index in [0.29, 0.717) is 11.8 Å². The molecule has 166 valence electrons. The fourth-order valence-corrected chi connectivity index (χ4v) is 4.88. The number of benzene rings is 2. The molecular weight excluding hydrogens is 398 g/mol. The van der Waals surface area contributed by atoms with Crippen molar-refractivity contribution in [3.05, 3.63) is 66.1 Å². The molecule has 0 unspecified atom stereocenters. The maximum atomic E-state index is 12.7. The Bertz CT molecular complexity index is 1040. The lowest BCUT2D eigenvalue weighted by Gasteiger charge is -2.32. The van der Waals surface area contributed by atoms with Crippen molar-refractivity contribution < 1.29 is 9.21 Å². The summed E-state index contributed by atoms with van der Waals surface area (Å²) in [6.45, 7) is 6.56. The van der Waals surface area contributed by atoms with E-state index in [2.05, 4.69) is 58.3 Å². The van der Waals surface area contributed by atoms with Crippen molar-refractivity contribution in [1.29, 1.82) is 0 Å². The monoisotopic (exact) mass is 429 g/mol. The van der Waals surface area contributed by atoms with E-state index in [4.69, 9.17) is 9.40 Å². The minimum atomic E-state index is 0.196. The Morgan fingerprint density at radius 1 is 0.906 bits per heavy atom. The molecule has 5 heteroatoms. The zero-order valence-electron chi connectivity index (χ0n) is 18.8. The van der Waals surface area contributed by atoms with Crippen molar-refractivity contribution in [2.45, 2.75) is 39.2 Å². The van der Waals surface area contributed by atoms with E-state index in [0.717, 1.165) is 75.4 Å². The number of nitrogens with zero attached hydrogens (tertiary/aromatic N) is 3. The highest BCUT2D eigenvalue weighted by molar-refractivity contribution is 5.79. The predicted molar refractivity (Wildman–Crippen MR) is 126 cm³/mol. The summed E-state index contributed by atoms with van der Waals surface area (Å²) in [5.74, 6) is 2.13. The fourth-order valence-electron chi connectivity index (χ4n) is 4.88. The first-order valence-electron chi connectivity index (χ1n) is 11.8. The zero-order chi connectivity index (χ0) is 21.9. The molecule has 2 aliphatic heterocycles. The van der Waals surface area contributed by atoms with E-state index in [9.17, 15) is 4.79 Å². The largest absolute Gasteiger partial charge is 0.441 e. The number of aromatic nitrogens is 1. The minimum absolute atomic E-state index is 0.196. The first-order chi connectivity index (χ1) is 15.7. The van der Waals surface area contributed by atoms with Gasteiger partial charge in [0.05, 0.1) is 5.69 Å². The average molecular weight is 430 g/mol. The lowest BCUT2D eigenvalue weighted by molar-refractivity contribution is -0.136. The number of carbonyl (C=O) groups excluding carboxylic acids is 1. The molecule has 1 aromatic heterocycles. The second kappa shape index (κ2) is 9.29. The van der Waals surface area contributed by atoms with Gasteiger partial charge < -0.3 is 9.32 Å². The van der Waals surface area contributed by atoms with E-state index >= 15 is 0 Å². The summed E-state index contributed by atoms with van der Waals surface area (Å²) >= 11 is 0. The molecule has 0 aliphatic carbocycles. The van der Waals surface area contributed by atoms with Gasteiger partial charge in [-0.15, -0.1) is 0 Å². The van der Waals surface area contributed by atoms with Crippen LogP contribution in [0.5, 0.6) is 0 Å². The van der Waals surface area contributed by atoms with Gasteiger partial charge in [-0.05, 0) is 69.0 Å². The van der Waals surface area contributed by atoms with Crippen LogP contribution in [0.2, 0.25) is 0 Å². The molecule has 0 radical (unpaired) electrons. The number of rotatable bonds is 5. The molecule has 3 aromatic rings. The molecule has 3 heterocycles. The van der Waals surface area contributed by atoms with Crippen LogP contribution in [-0.4, -0.2) is 46.9 Å². The van der Waals surface area contributed by atoms with Crippen molar-refractivity contribution in [3.63, 3.8) is 0 Å². The van der Waals surface area contributed by atoms with Gasteiger partial charge in [-0.1, -0.05) is 42.5 Å². The molecule has 5 nitrogen and oxygen atoms in total. The number of hydrogen-bond donors (Lipinski definition) is 0. The lowest BCUT2D eigenvalue weighted by Crippen LogP contribution is -2.41. The summed E-state index contributed by atoms with van der Waals surface area (Å²) in [7, 11) is 0. The summed E-state index contributed by atoms with van der Waals surface area (Å²) in [4.78, 5) is 22.0. The molecule has 0 bridgehead atoms. The van der Waals surface area contributed by atoms with Gasteiger partial charge in [0.25, 0.3) is 0 Å². The van der Waals surface area contributed by atoms with Gasteiger partial charge in [0.1, 0.15) is 5.76 Å². The third kappa shape index (κ3) is 4.49. The Morgan fingerprint density at radius 3 is 2.22 bits per heavy atom. The predicted octanol–water partition coefficient (Wildman–Crippen LogP) is 5.15. The van der Waals surface area contributed by atoms with Crippen LogP contribution in [0.15, 0.2) is 59.0 Å². The Kier molecular flexibility index (Phi) is 6.08. The molecule has 0 atom stereocenters. The Balaban J connectivity index is 1.20. The normalized spacial score (nSPS) is 17.7. The quantitative estimate of drug-likeness (QED) is 0.563. The maximum absolute atomic E-state index is 12.7. The maximum Gasteiger partial charge on any atom is 0.226 e. The van der Waals surface area contributed by atoms with Gasteiger partial charge in [0, 0.05) is 31.1 Å². The second-order valence-electron chi connectivity index (χ2n) is 9.05. The van der Waals surface area contributed by atoms with Gasteiger partial charge in [-0.3, -0.25) is 9.69 Å². The SMILES string of the molecule is Cc1oc(-c2ccc(-c3ccccc3)cc2)nc1CN1CCC(C(=O)N2CCCC2)CC1. The van der Waals surface area contributed by atoms with E-state index < -0.39 is 0 Å². The third-order valence-corrected chi connectivity index (χ3v) is 6.86. The Labute approximate surface area is 190 Å². The minimum Gasteiger partial charge on any atom is -0.441 e. The van der Waals surface area contributed by atoms with Gasteiger partial charge >= 0.3 is 0 Å². The van der Waals surface area contributed by atoms with Crippen LogP contribution in [0.25, 0.3) is 22.6 Å². The van der Waals surface area contributed by atoms with E-state index in [1.807, 2.05) is 13.0 Å². The summed E-state index contributed by atoms with van der Waals surface area (Å²) in [6, 6.07) is 18.8. The van der Waals surface area contributed by atoms with Crippen LogP contribution in [0.3, 0.4) is 0 Å². The smallest absolute Gasteiger partial charge is 0.226 e. The van der Waals surface area contributed by atoms with Gasteiger partial charge in [-0.2, -0.15) is 0 Å². The number of hydrogen-bond acceptors (Lipinski definition) is 4. The molecule has 32 heavy (non-hydrogen) atoms. The molecule has 1 amide bonds. The van der Waals surface area contributed by atoms with Crippen LogP contribution in [-0.2, 0) is 11.3 Å². The van der Waals surface area contributed by atoms with Crippen LogP contribution >= 0.6 is 0 Å². The number of aryl methyl sites for hydroxylation is 1. The third-order valence-electron chi connectivity index (χ3n) is 6.86.